The summed E-state index contributed by atoms with van der Waals surface area (Å²) >= 11 is 0. The Morgan fingerprint density at radius 1 is 1.00 bits per heavy atom. The molecule has 1 aromatic carbocycles. The van der Waals surface area contributed by atoms with Gasteiger partial charge in [-0.3, -0.25) is 0 Å². The zero-order valence-corrected chi connectivity index (χ0v) is 13.7. The van der Waals surface area contributed by atoms with Gasteiger partial charge in [-0.15, -0.1) is 0 Å². The van der Waals surface area contributed by atoms with Crippen molar-refractivity contribution in [2.45, 2.75) is 76.9 Å². The standard InChI is InChI=1S/C21H30F2/c1-2-3-15-4-6-16(7-5-15)17-8-10-18(11-9-17)19-12-13-20(22)21(23)14-19/h12-18H,2-11H2,1H3/i8D,9D2,10D,11D2. The minimum Gasteiger partial charge on any atom is -0.204 e. The molecule has 2 heteroatoms. The molecule has 0 N–H and O–H groups in total. The molecule has 4 unspecified atom stereocenters. The van der Waals surface area contributed by atoms with Crippen LogP contribution in [0.1, 0.15) is 90.7 Å². The monoisotopic (exact) mass is 326 g/mol. The van der Waals surface area contributed by atoms with E-state index in [0.29, 0.717) is 5.92 Å². The predicted octanol–water partition coefficient (Wildman–Crippen LogP) is 6.85. The minimum absolute atomic E-state index is 0.0418. The third kappa shape index (κ3) is 4.14. The first-order valence-corrected chi connectivity index (χ1v) is 8.81. The average Bonchev–Trinajstić information content (AvgIpc) is 2.65. The first-order valence-electron chi connectivity index (χ1n) is 12.0. The van der Waals surface area contributed by atoms with E-state index in [2.05, 4.69) is 6.92 Å². The van der Waals surface area contributed by atoms with Gasteiger partial charge in [-0.1, -0.05) is 38.7 Å². The molecule has 0 saturated heterocycles. The summed E-state index contributed by atoms with van der Waals surface area (Å²) in [4.78, 5) is 0. The van der Waals surface area contributed by atoms with Gasteiger partial charge in [0.05, 0.1) is 0 Å². The summed E-state index contributed by atoms with van der Waals surface area (Å²) in [6.45, 7) is 2.14. The van der Waals surface area contributed by atoms with Crippen molar-refractivity contribution in [3.63, 3.8) is 0 Å². The van der Waals surface area contributed by atoms with Crippen molar-refractivity contribution in [2.75, 3.05) is 0 Å². The molecular formula is C21H30F2. The van der Waals surface area contributed by atoms with Crippen molar-refractivity contribution in [1.82, 2.24) is 0 Å². The van der Waals surface area contributed by atoms with Gasteiger partial charge in [0.1, 0.15) is 0 Å². The Labute approximate surface area is 148 Å². The third-order valence-electron chi connectivity index (χ3n) is 5.32. The molecule has 2 fully saturated rings. The number of halogens is 2. The lowest BCUT2D eigenvalue weighted by atomic mass is 9.68. The molecule has 0 aliphatic heterocycles. The van der Waals surface area contributed by atoms with Crippen LogP contribution in [0.2, 0.25) is 0 Å². The summed E-state index contributed by atoms with van der Waals surface area (Å²) < 4.78 is 78.9. The van der Waals surface area contributed by atoms with Crippen LogP contribution >= 0.6 is 0 Å². The second kappa shape index (κ2) is 7.77. The zero-order valence-electron chi connectivity index (χ0n) is 19.7. The van der Waals surface area contributed by atoms with Crippen LogP contribution in [0, 0.1) is 29.4 Å². The predicted molar refractivity (Wildman–Crippen MR) is 91.4 cm³/mol. The second-order valence-corrected chi connectivity index (χ2v) is 6.92. The summed E-state index contributed by atoms with van der Waals surface area (Å²) in [5.41, 5.74) is 0.0418. The molecule has 0 spiro atoms. The Hall–Kier alpha value is -0.920. The van der Waals surface area contributed by atoms with Gasteiger partial charge in [0, 0.05) is 8.22 Å². The Morgan fingerprint density at radius 3 is 2.48 bits per heavy atom. The highest BCUT2D eigenvalue weighted by atomic mass is 19.2. The maximum absolute atomic E-state index is 13.8. The van der Waals surface area contributed by atoms with Gasteiger partial charge in [0.25, 0.3) is 0 Å². The van der Waals surface area contributed by atoms with E-state index in [1.165, 1.54) is 6.07 Å². The second-order valence-electron chi connectivity index (χ2n) is 6.92. The summed E-state index contributed by atoms with van der Waals surface area (Å²) in [5.74, 6) is -3.96. The van der Waals surface area contributed by atoms with E-state index in [0.717, 1.165) is 50.7 Å². The van der Waals surface area contributed by atoms with Crippen LogP contribution in [-0.4, -0.2) is 0 Å². The molecule has 2 aliphatic carbocycles. The molecule has 0 amide bonds. The highest BCUT2D eigenvalue weighted by Gasteiger charge is 2.31. The fourth-order valence-electron chi connectivity index (χ4n) is 3.93. The maximum atomic E-state index is 13.8. The van der Waals surface area contributed by atoms with Crippen LogP contribution in [0.3, 0.4) is 0 Å². The van der Waals surface area contributed by atoms with E-state index < -0.39 is 49.0 Å². The number of hydrogen-bond acceptors (Lipinski definition) is 0. The molecule has 0 radical (unpaired) electrons. The largest absolute Gasteiger partial charge is 0.204 e. The van der Waals surface area contributed by atoms with E-state index in [4.69, 9.17) is 8.22 Å². The van der Waals surface area contributed by atoms with E-state index in [1.54, 1.807) is 0 Å². The lowest BCUT2D eigenvalue weighted by molar-refractivity contribution is 0.156. The molecule has 128 valence electrons. The van der Waals surface area contributed by atoms with Gasteiger partial charge in [-0.2, -0.15) is 0 Å². The summed E-state index contributed by atoms with van der Waals surface area (Å²) in [6, 6.07) is 2.93. The first kappa shape index (κ1) is 10.8. The molecule has 23 heavy (non-hydrogen) atoms. The van der Waals surface area contributed by atoms with Crippen LogP contribution in [0.5, 0.6) is 0 Å². The molecule has 2 aliphatic rings. The summed E-state index contributed by atoms with van der Waals surface area (Å²) in [7, 11) is 0. The lowest BCUT2D eigenvalue weighted by Gasteiger charge is -2.38. The normalized spacial score (nSPS) is 46.6. The lowest BCUT2D eigenvalue weighted by Crippen LogP contribution is -2.25. The molecule has 3 rings (SSSR count). The SMILES string of the molecule is [2H]C1C([2H])C(C2CCC(CCC)CC2)C([2H])([2H])C([2H])([2H])C1c1ccc(F)c(F)c1. The molecule has 1 aromatic rings. The van der Waals surface area contributed by atoms with Gasteiger partial charge in [-0.25, -0.2) is 8.78 Å². The van der Waals surface area contributed by atoms with Crippen molar-refractivity contribution < 1.29 is 17.0 Å². The van der Waals surface area contributed by atoms with Crippen molar-refractivity contribution in [3.05, 3.63) is 35.4 Å². The van der Waals surface area contributed by atoms with E-state index in [-0.39, 0.29) is 11.5 Å². The highest BCUT2D eigenvalue weighted by Crippen LogP contribution is 2.44. The van der Waals surface area contributed by atoms with Crippen molar-refractivity contribution in [2.24, 2.45) is 17.8 Å². The highest BCUT2D eigenvalue weighted by molar-refractivity contribution is 5.22. The van der Waals surface area contributed by atoms with Crippen molar-refractivity contribution >= 4 is 0 Å². The molecule has 0 nitrogen and oxygen atoms in total. The minimum atomic E-state index is -2.47. The average molecular weight is 327 g/mol. The smallest absolute Gasteiger partial charge is 0.159 e. The van der Waals surface area contributed by atoms with Crippen LogP contribution in [0.15, 0.2) is 18.2 Å². The van der Waals surface area contributed by atoms with Crippen molar-refractivity contribution in [3.8, 4) is 0 Å². The van der Waals surface area contributed by atoms with Gasteiger partial charge in [0.2, 0.25) is 0 Å². The topological polar surface area (TPSA) is 0 Å². The Bertz CT molecular complexity index is 717. The van der Waals surface area contributed by atoms with Gasteiger partial charge >= 0.3 is 0 Å². The van der Waals surface area contributed by atoms with Gasteiger partial charge in [-0.05, 0) is 79.7 Å². The van der Waals surface area contributed by atoms with E-state index >= 15 is 0 Å². The zero-order chi connectivity index (χ0) is 21.6. The van der Waals surface area contributed by atoms with E-state index in [1.807, 2.05) is 0 Å². The van der Waals surface area contributed by atoms with Crippen molar-refractivity contribution in [1.29, 1.82) is 0 Å². The van der Waals surface area contributed by atoms with Crippen LogP contribution in [-0.2, 0) is 0 Å². The van der Waals surface area contributed by atoms with Gasteiger partial charge in [0.15, 0.2) is 11.6 Å². The maximum Gasteiger partial charge on any atom is 0.159 e. The number of benzene rings is 1. The molecular weight excluding hydrogens is 290 g/mol. The Morgan fingerprint density at radius 2 is 1.78 bits per heavy atom. The summed E-state index contributed by atoms with van der Waals surface area (Å²) in [5, 5.41) is 0. The van der Waals surface area contributed by atoms with Crippen LogP contribution in [0.4, 0.5) is 8.78 Å². The molecule has 2 saturated carbocycles. The molecule has 0 aromatic heterocycles. The quantitative estimate of drug-likeness (QED) is 0.568. The Kier molecular flexibility index (Phi) is 3.66. The third-order valence-corrected chi connectivity index (χ3v) is 5.32. The van der Waals surface area contributed by atoms with E-state index in [9.17, 15) is 8.78 Å². The Balaban J connectivity index is 1.91. The first-order chi connectivity index (χ1) is 13.5. The fraction of sp³-hybridized carbons (Fsp3) is 0.714. The van der Waals surface area contributed by atoms with Crippen LogP contribution in [0.25, 0.3) is 0 Å². The number of rotatable bonds is 4. The van der Waals surface area contributed by atoms with Crippen LogP contribution < -0.4 is 0 Å². The number of hydrogen-bond donors (Lipinski definition) is 0. The van der Waals surface area contributed by atoms with Gasteiger partial charge < -0.3 is 0 Å². The molecule has 0 bridgehead atoms. The summed E-state index contributed by atoms with van der Waals surface area (Å²) in [6.07, 6.45) is -1.53. The molecule has 4 atom stereocenters. The fourth-order valence-corrected chi connectivity index (χ4v) is 3.93. The molecule has 0 heterocycles.